The summed E-state index contributed by atoms with van der Waals surface area (Å²) in [6.07, 6.45) is 1.86. The number of hydrogen-bond donors (Lipinski definition) is 1. The topological polar surface area (TPSA) is 128 Å². The van der Waals surface area contributed by atoms with Gasteiger partial charge in [-0.25, -0.2) is 4.79 Å². The van der Waals surface area contributed by atoms with Crippen molar-refractivity contribution in [3.8, 4) is 5.75 Å². The molecular weight excluding hydrogens is 624 g/mol. The van der Waals surface area contributed by atoms with E-state index in [2.05, 4.69) is 0 Å². The van der Waals surface area contributed by atoms with Crippen LogP contribution in [0.15, 0.2) is 54.6 Å². The largest absolute Gasteiger partial charge is 0.508 e. The Morgan fingerprint density at radius 2 is 1.18 bits per heavy atom. The number of phenolic OH excluding ortho intramolecular Hbond substituents is 1. The van der Waals surface area contributed by atoms with Crippen LogP contribution in [0.4, 0.5) is 4.79 Å². The summed E-state index contributed by atoms with van der Waals surface area (Å²) < 4.78 is 5.57. The van der Waals surface area contributed by atoms with Gasteiger partial charge in [-0.15, -0.1) is 0 Å². The van der Waals surface area contributed by atoms with Crippen molar-refractivity contribution in [2.75, 3.05) is 52.4 Å². The van der Waals surface area contributed by atoms with Gasteiger partial charge in [0.15, 0.2) is 0 Å². The molecule has 1 N–H and O–H groups in total. The number of amides is 4. The summed E-state index contributed by atoms with van der Waals surface area (Å²) in [6, 6.07) is 16.0. The maximum atomic E-state index is 13.8. The molecular formula is C38H56N4O7. The van der Waals surface area contributed by atoms with E-state index >= 15 is 0 Å². The van der Waals surface area contributed by atoms with Crippen LogP contribution in [0.2, 0.25) is 0 Å². The standard InChI is InChI=1S/C38H56N4O7/c1-29(2)16-19-40(36(46)26-41(20-17-30(3)4)38(48)49-28-33-10-8-7-9-11-33)25-37(47)42(24-31(5)6)27-35(45)39(22-23-43)21-18-32-12-14-34(44)15-13-32/h7-15,23,29-31,44H,16-22,24-28H2,1-6H3. The minimum absolute atomic E-state index is 0.0407. The molecule has 0 bridgehead atoms. The first kappa shape index (κ1) is 40.8. The fourth-order valence-electron chi connectivity index (χ4n) is 4.99. The summed E-state index contributed by atoms with van der Waals surface area (Å²) in [5.41, 5.74) is 1.73. The van der Waals surface area contributed by atoms with Gasteiger partial charge in [-0.2, -0.15) is 0 Å². The predicted octanol–water partition coefficient (Wildman–Crippen LogP) is 5.01. The molecule has 0 atom stereocenters. The smallest absolute Gasteiger partial charge is 0.410 e. The van der Waals surface area contributed by atoms with E-state index < -0.39 is 6.09 Å². The Morgan fingerprint density at radius 3 is 1.76 bits per heavy atom. The number of carbonyl (C=O) groups excluding carboxylic acids is 5. The van der Waals surface area contributed by atoms with Crippen molar-refractivity contribution in [2.24, 2.45) is 17.8 Å². The third-order valence-corrected chi connectivity index (χ3v) is 7.94. The Hall–Kier alpha value is -4.41. The average molecular weight is 681 g/mol. The zero-order valence-corrected chi connectivity index (χ0v) is 30.2. The number of aromatic hydroxyl groups is 1. The van der Waals surface area contributed by atoms with Gasteiger partial charge in [0.25, 0.3) is 0 Å². The lowest BCUT2D eigenvalue weighted by Crippen LogP contribution is -2.51. The van der Waals surface area contributed by atoms with Gasteiger partial charge in [-0.05, 0) is 60.3 Å². The van der Waals surface area contributed by atoms with E-state index in [1.807, 2.05) is 71.9 Å². The van der Waals surface area contributed by atoms with Crippen LogP contribution in [0.1, 0.15) is 65.5 Å². The van der Waals surface area contributed by atoms with Crippen LogP contribution in [0.3, 0.4) is 0 Å². The van der Waals surface area contributed by atoms with Crippen molar-refractivity contribution in [1.82, 2.24) is 19.6 Å². The lowest BCUT2D eigenvalue weighted by molar-refractivity contribution is -0.145. The lowest BCUT2D eigenvalue weighted by atomic mass is 10.1. The van der Waals surface area contributed by atoms with E-state index in [0.717, 1.165) is 11.1 Å². The number of benzene rings is 2. The number of rotatable bonds is 21. The summed E-state index contributed by atoms with van der Waals surface area (Å²) in [6.45, 7) is 12.4. The average Bonchev–Trinajstić information content (AvgIpc) is 3.05. The van der Waals surface area contributed by atoms with E-state index in [-0.39, 0.29) is 81.2 Å². The molecule has 2 aromatic carbocycles. The third-order valence-electron chi connectivity index (χ3n) is 7.94. The molecule has 0 aliphatic carbocycles. The SMILES string of the molecule is CC(C)CCN(CC(=O)N(CC(=O)N(CC=O)CCc1ccc(O)cc1)CC(C)C)C(=O)CN(CCC(C)C)C(=O)OCc1ccccc1. The van der Waals surface area contributed by atoms with Crippen molar-refractivity contribution in [2.45, 2.75) is 67.4 Å². The molecule has 0 aliphatic heterocycles. The first-order valence-electron chi connectivity index (χ1n) is 17.3. The molecule has 270 valence electrons. The summed E-state index contributed by atoms with van der Waals surface area (Å²) in [5.74, 6) is -0.400. The molecule has 0 unspecified atom stereocenters. The van der Waals surface area contributed by atoms with Gasteiger partial charge in [0, 0.05) is 26.2 Å². The van der Waals surface area contributed by atoms with E-state index in [1.54, 1.807) is 24.3 Å². The summed E-state index contributed by atoms with van der Waals surface area (Å²) in [7, 11) is 0. The maximum absolute atomic E-state index is 13.8. The van der Waals surface area contributed by atoms with Crippen LogP contribution >= 0.6 is 0 Å². The van der Waals surface area contributed by atoms with E-state index in [9.17, 15) is 29.1 Å². The van der Waals surface area contributed by atoms with Crippen molar-refractivity contribution in [3.63, 3.8) is 0 Å². The van der Waals surface area contributed by atoms with Gasteiger partial charge in [0.2, 0.25) is 17.7 Å². The van der Waals surface area contributed by atoms with Crippen LogP contribution < -0.4 is 0 Å². The van der Waals surface area contributed by atoms with Crippen molar-refractivity contribution in [3.05, 3.63) is 65.7 Å². The van der Waals surface area contributed by atoms with Gasteiger partial charge in [0.1, 0.15) is 25.2 Å². The van der Waals surface area contributed by atoms with Crippen LogP contribution in [0.25, 0.3) is 0 Å². The number of hydrogen-bond acceptors (Lipinski definition) is 7. The highest BCUT2D eigenvalue weighted by Gasteiger charge is 2.28. The third kappa shape index (κ3) is 16.0. The van der Waals surface area contributed by atoms with Crippen molar-refractivity contribution in [1.29, 1.82) is 0 Å². The molecule has 0 aromatic heterocycles. The molecule has 4 amide bonds. The number of aldehydes is 1. The Labute approximate surface area is 292 Å². The first-order chi connectivity index (χ1) is 23.3. The molecule has 11 nitrogen and oxygen atoms in total. The lowest BCUT2D eigenvalue weighted by Gasteiger charge is -2.31. The summed E-state index contributed by atoms with van der Waals surface area (Å²) in [5, 5.41) is 9.56. The highest BCUT2D eigenvalue weighted by atomic mass is 16.6. The number of ether oxygens (including phenoxy) is 1. The van der Waals surface area contributed by atoms with Gasteiger partial charge < -0.3 is 29.3 Å². The fraction of sp³-hybridized carbons (Fsp3) is 0.553. The van der Waals surface area contributed by atoms with Gasteiger partial charge in [0.05, 0.1) is 19.6 Å². The molecule has 11 heteroatoms. The maximum Gasteiger partial charge on any atom is 0.410 e. The van der Waals surface area contributed by atoms with Crippen molar-refractivity contribution < 1.29 is 33.8 Å². The molecule has 0 saturated carbocycles. The Morgan fingerprint density at radius 1 is 0.653 bits per heavy atom. The second kappa shape index (κ2) is 21.5. The molecule has 0 aliphatic rings. The van der Waals surface area contributed by atoms with Gasteiger partial charge in [-0.3, -0.25) is 19.3 Å². The van der Waals surface area contributed by atoms with Crippen LogP contribution in [-0.2, 0) is 36.9 Å². The van der Waals surface area contributed by atoms with Crippen LogP contribution in [0, 0.1) is 17.8 Å². The monoisotopic (exact) mass is 680 g/mol. The second-order valence-corrected chi connectivity index (χ2v) is 13.7. The first-order valence-corrected chi connectivity index (χ1v) is 17.3. The molecule has 49 heavy (non-hydrogen) atoms. The number of nitrogens with zero attached hydrogens (tertiary/aromatic N) is 4. The zero-order valence-electron chi connectivity index (χ0n) is 30.2. The Balaban J connectivity index is 2.19. The Bertz CT molecular complexity index is 1320. The molecule has 0 spiro atoms. The molecule has 0 fully saturated rings. The van der Waals surface area contributed by atoms with Crippen LogP contribution in [-0.4, -0.2) is 107 Å². The molecule has 0 heterocycles. The molecule has 2 aromatic rings. The second-order valence-electron chi connectivity index (χ2n) is 13.7. The predicted molar refractivity (Wildman–Crippen MR) is 190 cm³/mol. The quantitative estimate of drug-likeness (QED) is 0.184. The normalized spacial score (nSPS) is 11.0. The minimum atomic E-state index is -0.595. The van der Waals surface area contributed by atoms with E-state index in [0.29, 0.717) is 44.6 Å². The van der Waals surface area contributed by atoms with E-state index in [4.69, 9.17) is 4.74 Å². The van der Waals surface area contributed by atoms with E-state index in [1.165, 1.54) is 19.6 Å². The molecule has 0 saturated heterocycles. The highest BCUT2D eigenvalue weighted by Crippen LogP contribution is 2.13. The van der Waals surface area contributed by atoms with Gasteiger partial charge in [-0.1, -0.05) is 84.0 Å². The minimum Gasteiger partial charge on any atom is -0.508 e. The number of carbonyl (C=O) groups is 5. The van der Waals surface area contributed by atoms with Crippen LogP contribution in [0.5, 0.6) is 5.75 Å². The summed E-state index contributed by atoms with van der Waals surface area (Å²) >= 11 is 0. The molecule has 2 rings (SSSR count). The Kier molecular flexibility index (Phi) is 17.9. The highest BCUT2D eigenvalue weighted by molar-refractivity contribution is 5.90. The zero-order chi connectivity index (χ0) is 36.3. The summed E-state index contributed by atoms with van der Waals surface area (Å²) in [4.78, 5) is 71.5. The number of phenols is 1. The fourth-order valence-corrected chi connectivity index (χ4v) is 4.99. The molecule has 0 radical (unpaired) electrons. The van der Waals surface area contributed by atoms with Crippen molar-refractivity contribution >= 4 is 30.1 Å². The van der Waals surface area contributed by atoms with Gasteiger partial charge >= 0.3 is 6.09 Å².